The first kappa shape index (κ1) is 20.5. The van der Waals surface area contributed by atoms with Crippen molar-refractivity contribution in [3.05, 3.63) is 94.6 Å². The lowest BCUT2D eigenvalue weighted by atomic mass is 10.1. The number of carbonyl (C=O) groups excluding carboxylic acids is 1. The molecule has 4 rings (SSSR count). The van der Waals surface area contributed by atoms with E-state index in [-0.39, 0.29) is 11.6 Å². The maximum absolute atomic E-state index is 13.5. The fourth-order valence-corrected chi connectivity index (χ4v) is 3.41. The van der Waals surface area contributed by atoms with E-state index in [2.05, 4.69) is 15.4 Å². The summed E-state index contributed by atoms with van der Waals surface area (Å²) in [6.07, 6.45) is 0. The van der Waals surface area contributed by atoms with Crippen LogP contribution in [0.4, 0.5) is 10.1 Å². The largest absolute Gasteiger partial charge is 0.319 e. The van der Waals surface area contributed by atoms with E-state index < -0.39 is 5.91 Å². The maximum Gasteiger partial charge on any atom is 0.295 e. The van der Waals surface area contributed by atoms with Gasteiger partial charge in [-0.2, -0.15) is 0 Å². The summed E-state index contributed by atoms with van der Waals surface area (Å²) in [5.74, 6) is -0.237. The van der Waals surface area contributed by atoms with Crippen molar-refractivity contribution in [1.29, 1.82) is 0 Å². The number of nitrogens with one attached hydrogen (secondary N) is 1. The Kier molecular flexibility index (Phi) is 5.38. The van der Waals surface area contributed by atoms with Crippen molar-refractivity contribution in [1.82, 2.24) is 14.8 Å². The third-order valence-electron chi connectivity index (χ3n) is 5.26. The fourth-order valence-electron chi connectivity index (χ4n) is 3.41. The Morgan fingerprint density at radius 1 is 0.871 bits per heavy atom. The van der Waals surface area contributed by atoms with Gasteiger partial charge in [0.05, 0.1) is 5.69 Å². The molecular formula is C25H23FN4O. The number of anilines is 1. The van der Waals surface area contributed by atoms with Crippen LogP contribution in [-0.4, -0.2) is 20.7 Å². The Balaban J connectivity index is 1.77. The molecule has 0 saturated heterocycles. The van der Waals surface area contributed by atoms with Gasteiger partial charge in [0.25, 0.3) is 5.91 Å². The Hall–Kier alpha value is -3.80. The molecule has 156 valence electrons. The molecule has 0 aliphatic rings. The van der Waals surface area contributed by atoms with Crippen LogP contribution >= 0.6 is 0 Å². The molecule has 0 bridgehead atoms. The number of carbonyl (C=O) groups is 1. The second kappa shape index (κ2) is 8.14. The SMILES string of the molecule is Cc1ccc(-n2nc(C(=O)Nc3ccc(C)c(C)c3)nc2-c2ccc(F)cc2)c(C)c1. The average molecular weight is 414 g/mol. The molecule has 1 amide bonds. The van der Waals surface area contributed by atoms with E-state index in [9.17, 15) is 9.18 Å². The van der Waals surface area contributed by atoms with E-state index in [0.717, 1.165) is 27.9 Å². The molecule has 0 aliphatic heterocycles. The van der Waals surface area contributed by atoms with Crippen LogP contribution in [0, 0.1) is 33.5 Å². The van der Waals surface area contributed by atoms with Gasteiger partial charge in [-0.1, -0.05) is 23.8 Å². The van der Waals surface area contributed by atoms with Crippen LogP contribution in [0.25, 0.3) is 17.1 Å². The van der Waals surface area contributed by atoms with Crippen LogP contribution in [0.5, 0.6) is 0 Å². The molecule has 4 aromatic rings. The first-order chi connectivity index (χ1) is 14.8. The Morgan fingerprint density at radius 3 is 2.29 bits per heavy atom. The van der Waals surface area contributed by atoms with Crippen molar-refractivity contribution < 1.29 is 9.18 Å². The molecular weight excluding hydrogens is 391 g/mol. The van der Waals surface area contributed by atoms with Gasteiger partial charge in [-0.15, -0.1) is 5.10 Å². The highest BCUT2D eigenvalue weighted by Gasteiger charge is 2.20. The standard InChI is InChI=1S/C25H23FN4O/c1-15-5-12-22(18(4)13-15)30-24(19-7-9-20(26)10-8-19)28-23(29-30)25(31)27-21-11-6-16(2)17(3)14-21/h5-14H,1-4H3,(H,27,31). The normalized spacial score (nSPS) is 10.9. The molecule has 31 heavy (non-hydrogen) atoms. The third-order valence-corrected chi connectivity index (χ3v) is 5.26. The highest BCUT2D eigenvalue weighted by molar-refractivity contribution is 6.01. The summed E-state index contributed by atoms with van der Waals surface area (Å²) in [6, 6.07) is 17.7. The third kappa shape index (κ3) is 4.23. The first-order valence-corrected chi connectivity index (χ1v) is 10.0. The molecule has 1 aromatic heterocycles. The smallest absolute Gasteiger partial charge is 0.295 e. The Labute approximate surface area is 180 Å². The second-order valence-corrected chi connectivity index (χ2v) is 7.72. The number of halogens is 1. The number of benzene rings is 3. The number of rotatable bonds is 4. The zero-order valence-corrected chi connectivity index (χ0v) is 17.9. The molecule has 1 N–H and O–H groups in total. The minimum atomic E-state index is -0.407. The average Bonchev–Trinajstić information content (AvgIpc) is 3.16. The lowest BCUT2D eigenvalue weighted by molar-refractivity contribution is 0.101. The van der Waals surface area contributed by atoms with Crippen LogP contribution in [0.2, 0.25) is 0 Å². The van der Waals surface area contributed by atoms with Crippen molar-refractivity contribution in [2.75, 3.05) is 5.32 Å². The number of amides is 1. The van der Waals surface area contributed by atoms with E-state index in [0.29, 0.717) is 17.1 Å². The second-order valence-electron chi connectivity index (χ2n) is 7.72. The molecule has 0 atom stereocenters. The van der Waals surface area contributed by atoms with Crippen LogP contribution in [0.1, 0.15) is 32.9 Å². The molecule has 0 aliphatic carbocycles. The number of hydrogen-bond acceptors (Lipinski definition) is 3. The first-order valence-electron chi connectivity index (χ1n) is 10.0. The van der Waals surface area contributed by atoms with Crippen molar-refractivity contribution >= 4 is 11.6 Å². The van der Waals surface area contributed by atoms with Gasteiger partial charge in [0.2, 0.25) is 5.82 Å². The van der Waals surface area contributed by atoms with E-state index in [1.54, 1.807) is 16.8 Å². The monoisotopic (exact) mass is 414 g/mol. The van der Waals surface area contributed by atoms with Gasteiger partial charge in [-0.3, -0.25) is 4.79 Å². The molecule has 6 heteroatoms. The number of nitrogens with zero attached hydrogens (tertiary/aromatic N) is 3. The molecule has 5 nitrogen and oxygen atoms in total. The number of aryl methyl sites for hydroxylation is 4. The summed E-state index contributed by atoms with van der Waals surface area (Å²) in [5, 5.41) is 7.37. The highest BCUT2D eigenvalue weighted by Crippen LogP contribution is 2.25. The van der Waals surface area contributed by atoms with Gasteiger partial charge >= 0.3 is 0 Å². The molecule has 0 spiro atoms. The van der Waals surface area contributed by atoms with Gasteiger partial charge in [-0.05, 0) is 86.8 Å². The summed E-state index contributed by atoms with van der Waals surface area (Å²) >= 11 is 0. The summed E-state index contributed by atoms with van der Waals surface area (Å²) in [5.41, 5.74) is 6.50. The number of aromatic nitrogens is 3. The quantitative estimate of drug-likeness (QED) is 0.476. The summed E-state index contributed by atoms with van der Waals surface area (Å²) < 4.78 is 15.1. The van der Waals surface area contributed by atoms with Crippen LogP contribution in [0.3, 0.4) is 0 Å². The topological polar surface area (TPSA) is 59.8 Å². The number of hydrogen-bond donors (Lipinski definition) is 1. The summed E-state index contributed by atoms with van der Waals surface area (Å²) in [6.45, 7) is 8.00. The molecule has 3 aromatic carbocycles. The van der Waals surface area contributed by atoms with Crippen molar-refractivity contribution in [2.45, 2.75) is 27.7 Å². The molecule has 0 fully saturated rings. The molecule has 0 saturated carbocycles. The highest BCUT2D eigenvalue weighted by atomic mass is 19.1. The Morgan fingerprint density at radius 2 is 1.61 bits per heavy atom. The van der Waals surface area contributed by atoms with E-state index in [4.69, 9.17) is 0 Å². The summed E-state index contributed by atoms with van der Waals surface area (Å²) in [4.78, 5) is 17.4. The van der Waals surface area contributed by atoms with Crippen molar-refractivity contribution in [3.63, 3.8) is 0 Å². The zero-order chi connectivity index (χ0) is 22.1. The fraction of sp³-hybridized carbons (Fsp3) is 0.160. The molecule has 0 radical (unpaired) electrons. The predicted molar refractivity (Wildman–Crippen MR) is 120 cm³/mol. The predicted octanol–water partition coefficient (Wildman–Crippen LogP) is 5.56. The van der Waals surface area contributed by atoms with E-state index in [1.165, 1.54) is 12.1 Å². The summed E-state index contributed by atoms with van der Waals surface area (Å²) in [7, 11) is 0. The lowest BCUT2D eigenvalue weighted by Crippen LogP contribution is -2.14. The van der Waals surface area contributed by atoms with Gasteiger partial charge in [0.1, 0.15) is 5.82 Å². The Bertz CT molecular complexity index is 1280. The van der Waals surface area contributed by atoms with Gasteiger partial charge in [-0.25, -0.2) is 14.1 Å². The zero-order valence-electron chi connectivity index (χ0n) is 17.9. The lowest BCUT2D eigenvalue weighted by Gasteiger charge is -2.10. The van der Waals surface area contributed by atoms with Crippen LogP contribution < -0.4 is 5.32 Å². The minimum absolute atomic E-state index is 0.0394. The minimum Gasteiger partial charge on any atom is -0.319 e. The van der Waals surface area contributed by atoms with Crippen molar-refractivity contribution in [3.8, 4) is 17.1 Å². The van der Waals surface area contributed by atoms with Crippen molar-refractivity contribution in [2.24, 2.45) is 0 Å². The van der Waals surface area contributed by atoms with Gasteiger partial charge in [0, 0.05) is 11.3 Å². The van der Waals surface area contributed by atoms with E-state index in [1.807, 2.05) is 64.1 Å². The van der Waals surface area contributed by atoms with Crippen LogP contribution in [0.15, 0.2) is 60.7 Å². The molecule has 0 unspecified atom stereocenters. The van der Waals surface area contributed by atoms with E-state index >= 15 is 0 Å². The molecule has 1 heterocycles. The van der Waals surface area contributed by atoms with Gasteiger partial charge < -0.3 is 5.32 Å². The van der Waals surface area contributed by atoms with Crippen LogP contribution in [-0.2, 0) is 0 Å². The maximum atomic E-state index is 13.5. The van der Waals surface area contributed by atoms with Gasteiger partial charge in [0.15, 0.2) is 5.82 Å².